The first-order valence-electron chi connectivity index (χ1n) is 6.59. The van der Waals surface area contributed by atoms with Crippen molar-refractivity contribution in [3.8, 4) is 0 Å². The number of carbonyl (C=O) groups excluding carboxylic acids is 1. The number of rotatable bonds is 4. The average Bonchev–Trinajstić information content (AvgIpc) is 2.39. The van der Waals surface area contributed by atoms with Gasteiger partial charge in [0.05, 0.1) is 16.3 Å². The summed E-state index contributed by atoms with van der Waals surface area (Å²) in [5, 5.41) is 3.77. The number of nitrogens with one attached hydrogen (secondary N) is 1. The lowest BCUT2D eigenvalue weighted by Gasteiger charge is -2.29. The Morgan fingerprint density at radius 3 is 2.79 bits per heavy atom. The highest BCUT2D eigenvalue weighted by molar-refractivity contribution is 6.34. The average molecular weight is 282 g/mol. The topological polar surface area (TPSA) is 58.4 Å². The molecule has 1 aliphatic rings. The summed E-state index contributed by atoms with van der Waals surface area (Å²) >= 11 is 6.07. The Hall–Kier alpha value is -1.26. The second kappa shape index (κ2) is 6.26. The quantitative estimate of drug-likeness (QED) is 0.886. The zero-order chi connectivity index (χ0) is 13.8. The van der Waals surface area contributed by atoms with Crippen molar-refractivity contribution in [1.29, 1.82) is 0 Å². The van der Waals surface area contributed by atoms with Crippen molar-refractivity contribution in [2.45, 2.75) is 12.8 Å². The summed E-state index contributed by atoms with van der Waals surface area (Å²) < 4.78 is 0. The van der Waals surface area contributed by atoms with Crippen LogP contribution in [0.15, 0.2) is 18.2 Å². The van der Waals surface area contributed by atoms with Crippen molar-refractivity contribution in [2.24, 2.45) is 11.7 Å². The number of piperidine rings is 1. The molecule has 0 unspecified atom stereocenters. The van der Waals surface area contributed by atoms with Gasteiger partial charge in [0.25, 0.3) is 5.91 Å². The second-order valence-corrected chi connectivity index (χ2v) is 5.48. The third-order valence-electron chi connectivity index (χ3n) is 3.64. The normalized spacial score (nSPS) is 16.3. The maximum Gasteiger partial charge on any atom is 0.252 e. The van der Waals surface area contributed by atoms with Crippen molar-refractivity contribution in [3.63, 3.8) is 0 Å². The van der Waals surface area contributed by atoms with Gasteiger partial charge in [0, 0.05) is 13.6 Å². The minimum atomic E-state index is -0.474. The summed E-state index contributed by atoms with van der Waals surface area (Å²) in [5.41, 5.74) is 6.66. The smallest absolute Gasteiger partial charge is 0.252 e. The van der Waals surface area contributed by atoms with Crippen molar-refractivity contribution >= 4 is 23.2 Å². The van der Waals surface area contributed by atoms with Crippen molar-refractivity contribution in [3.05, 3.63) is 28.8 Å². The van der Waals surface area contributed by atoms with Gasteiger partial charge in [0.2, 0.25) is 0 Å². The second-order valence-electron chi connectivity index (χ2n) is 5.07. The molecule has 1 aromatic carbocycles. The summed E-state index contributed by atoms with van der Waals surface area (Å²) in [5.74, 6) is 0.170. The van der Waals surface area contributed by atoms with Crippen LogP contribution in [-0.4, -0.2) is 32.6 Å². The first-order chi connectivity index (χ1) is 9.09. The van der Waals surface area contributed by atoms with E-state index in [0.717, 1.165) is 38.2 Å². The number of halogens is 1. The van der Waals surface area contributed by atoms with Gasteiger partial charge in [0.15, 0.2) is 0 Å². The molecule has 1 aromatic rings. The number of nitrogens with two attached hydrogens (primary N) is 1. The van der Waals surface area contributed by atoms with Crippen LogP contribution in [0.2, 0.25) is 5.02 Å². The predicted octanol–water partition coefficient (Wildman–Crippen LogP) is 1.87. The van der Waals surface area contributed by atoms with Gasteiger partial charge < -0.3 is 16.0 Å². The number of anilines is 1. The van der Waals surface area contributed by atoms with Crippen molar-refractivity contribution in [2.75, 3.05) is 31.6 Å². The third kappa shape index (κ3) is 3.39. The molecule has 1 fully saturated rings. The Labute approximate surface area is 118 Å². The number of primary amides is 1. The van der Waals surface area contributed by atoms with Gasteiger partial charge >= 0.3 is 0 Å². The van der Waals surface area contributed by atoms with E-state index in [1.807, 2.05) is 19.2 Å². The number of nitrogens with zero attached hydrogens (tertiary/aromatic N) is 1. The lowest BCUT2D eigenvalue weighted by atomic mass is 9.97. The van der Waals surface area contributed by atoms with Gasteiger partial charge in [-0.2, -0.15) is 0 Å². The van der Waals surface area contributed by atoms with Crippen molar-refractivity contribution < 1.29 is 4.79 Å². The Kier molecular flexibility index (Phi) is 4.66. The Morgan fingerprint density at radius 1 is 1.47 bits per heavy atom. The first kappa shape index (κ1) is 14.2. The van der Waals surface area contributed by atoms with Gasteiger partial charge in [-0.15, -0.1) is 0 Å². The molecule has 4 nitrogen and oxygen atoms in total. The van der Waals surface area contributed by atoms with Gasteiger partial charge in [-0.1, -0.05) is 17.7 Å². The fourth-order valence-corrected chi connectivity index (χ4v) is 2.89. The Bertz CT molecular complexity index is 458. The van der Waals surface area contributed by atoms with E-state index in [1.165, 1.54) is 0 Å². The van der Waals surface area contributed by atoms with E-state index >= 15 is 0 Å². The van der Waals surface area contributed by atoms with E-state index < -0.39 is 5.91 Å². The van der Waals surface area contributed by atoms with Crippen LogP contribution in [0.25, 0.3) is 0 Å². The highest BCUT2D eigenvalue weighted by Gasteiger charge is 2.19. The molecule has 1 saturated heterocycles. The Balaban J connectivity index is 2.16. The molecule has 5 heteroatoms. The van der Waals surface area contributed by atoms with Gasteiger partial charge in [-0.25, -0.2) is 0 Å². The summed E-state index contributed by atoms with van der Waals surface area (Å²) in [6, 6.07) is 5.44. The lowest BCUT2D eigenvalue weighted by Crippen LogP contribution is -2.35. The fraction of sp³-hybridized carbons (Fsp3) is 0.500. The molecule has 104 valence electrons. The molecule has 19 heavy (non-hydrogen) atoms. The van der Waals surface area contributed by atoms with E-state index in [0.29, 0.717) is 16.5 Å². The van der Waals surface area contributed by atoms with Crippen LogP contribution >= 0.6 is 11.6 Å². The number of amides is 1. The number of carbonyl (C=O) groups is 1. The zero-order valence-electron chi connectivity index (χ0n) is 11.2. The summed E-state index contributed by atoms with van der Waals surface area (Å²) in [6.45, 7) is 3.05. The van der Waals surface area contributed by atoms with E-state index in [1.54, 1.807) is 6.07 Å². The number of hydrogen-bond donors (Lipinski definition) is 2. The monoisotopic (exact) mass is 281 g/mol. The summed E-state index contributed by atoms with van der Waals surface area (Å²) in [4.78, 5) is 13.6. The third-order valence-corrected chi connectivity index (χ3v) is 3.96. The van der Waals surface area contributed by atoms with Crippen LogP contribution in [0.4, 0.5) is 5.69 Å². The van der Waals surface area contributed by atoms with Gasteiger partial charge in [-0.3, -0.25) is 4.79 Å². The maximum atomic E-state index is 11.5. The largest absolute Gasteiger partial charge is 0.374 e. The number of benzene rings is 1. The molecule has 0 atom stereocenters. The molecule has 0 spiro atoms. The molecule has 0 radical (unpaired) electrons. The predicted molar refractivity (Wildman–Crippen MR) is 78.8 cm³/mol. The summed E-state index contributed by atoms with van der Waals surface area (Å²) in [7, 11) is 1.99. The molecule has 1 aliphatic heterocycles. The van der Waals surface area contributed by atoms with Crippen LogP contribution in [0.1, 0.15) is 23.2 Å². The van der Waals surface area contributed by atoms with Crippen molar-refractivity contribution in [1.82, 2.24) is 5.32 Å². The van der Waals surface area contributed by atoms with Gasteiger partial charge in [-0.05, 0) is 44.0 Å². The molecule has 2 rings (SSSR count). The molecule has 0 aromatic heterocycles. The van der Waals surface area contributed by atoms with Crippen LogP contribution in [0.3, 0.4) is 0 Å². The van der Waals surface area contributed by atoms with E-state index in [-0.39, 0.29) is 0 Å². The minimum Gasteiger partial charge on any atom is -0.374 e. The Morgan fingerprint density at radius 2 is 2.16 bits per heavy atom. The maximum absolute atomic E-state index is 11.5. The molecule has 0 saturated carbocycles. The standard InChI is InChI=1S/C14H20ClN3O/c1-18(9-10-5-7-17-8-6-10)12-4-2-3-11(15)13(12)14(16)19/h2-4,10,17H,5-9H2,1H3,(H2,16,19). The molecular formula is C14H20ClN3O. The van der Waals surface area contributed by atoms with Crippen LogP contribution in [-0.2, 0) is 0 Å². The van der Waals surface area contributed by atoms with Crippen LogP contribution in [0, 0.1) is 5.92 Å². The molecule has 1 amide bonds. The minimum absolute atomic E-state index is 0.417. The van der Waals surface area contributed by atoms with Crippen LogP contribution < -0.4 is 16.0 Å². The van der Waals surface area contributed by atoms with E-state index in [4.69, 9.17) is 17.3 Å². The first-order valence-corrected chi connectivity index (χ1v) is 6.97. The SMILES string of the molecule is CN(CC1CCNCC1)c1cccc(Cl)c1C(N)=O. The molecule has 1 heterocycles. The molecular weight excluding hydrogens is 262 g/mol. The lowest BCUT2D eigenvalue weighted by molar-refractivity contribution is 0.100. The fourth-order valence-electron chi connectivity index (χ4n) is 2.62. The summed E-state index contributed by atoms with van der Waals surface area (Å²) in [6.07, 6.45) is 2.33. The number of hydrogen-bond acceptors (Lipinski definition) is 3. The van der Waals surface area contributed by atoms with Crippen LogP contribution in [0.5, 0.6) is 0 Å². The highest BCUT2D eigenvalue weighted by Crippen LogP contribution is 2.27. The zero-order valence-corrected chi connectivity index (χ0v) is 11.9. The van der Waals surface area contributed by atoms with Gasteiger partial charge in [0.1, 0.15) is 0 Å². The van der Waals surface area contributed by atoms with E-state index in [2.05, 4.69) is 10.2 Å². The molecule has 3 N–H and O–H groups in total. The van der Waals surface area contributed by atoms with E-state index in [9.17, 15) is 4.79 Å². The highest BCUT2D eigenvalue weighted by atomic mass is 35.5. The molecule has 0 aliphatic carbocycles. The molecule has 0 bridgehead atoms.